The molecular formula is C24H26F3N3O2. The molecule has 5 nitrogen and oxygen atoms in total. The molecule has 1 atom stereocenters. The number of halogens is 3. The lowest BCUT2D eigenvalue weighted by Gasteiger charge is -2.37. The molecule has 4 rings (SSSR count). The van der Waals surface area contributed by atoms with Crippen LogP contribution < -0.4 is 4.90 Å². The molecule has 2 heterocycles. The zero-order valence-electron chi connectivity index (χ0n) is 17.6. The van der Waals surface area contributed by atoms with E-state index in [9.17, 15) is 18.3 Å². The monoisotopic (exact) mass is 445 g/mol. The molecule has 3 aromatic rings. The number of aliphatic hydroxyl groups is 1. The van der Waals surface area contributed by atoms with Crippen LogP contribution in [0.15, 0.2) is 60.7 Å². The molecule has 8 heteroatoms. The first-order chi connectivity index (χ1) is 15.4. The van der Waals surface area contributed by atoms with Gasteiger partial charge in [0.2, 0.25) is 0 Å². The van der Waals surface area contributed by atoms with Crippen LogP contribution >= 0.6 is 0 Å². The molecule has 0 spiro atoms. The van der Waals surface area contributed by atoms with Gasteiger partial charge in [-0.25, -0.2) is 4.98 Å². The van der Waals surface area contributed by atoms with Gasteiger partial charge in [0.25, 0.3) is 0 Å². The molecule has 1 aliphatic heterocycles. The number of ether oxygens (including phenoxy) is 1. The summed E-state index contributed by atoms with van der Waals surface area (Å²) < 4.78 is 45.7. The summed E-state index contributed by atoms with van der Waals surface area (Å²) >= 11 is 0. The number of alkyl halides is 3. The summed E-state index contributed by atoms with van der Waals surface area (Å²) in [5.74, 6) is 0. The Labute approximate surface area is 185 Å². The van der Waals surface area contributed by atoms with Crippen LogP contribution in [0.4, 0.5) is 18.9 Å². The van der Waals surface area contributed by atoms with Crippen LogP contribution in [0.2, 0.25) is 0 Å². The number of nitrogens with zero attached hydrogens (tertiary/aromatic N) is 3. The van der Waals surface area contributed by atoms with Gasteiger partial charge in [-0.2, -0.15) is 13.2 Å². The number of para-hydroxylation sites is 1. The van der Waals surface area contributed by atoms with Crippen molar-refractivity contribution in [2.24, 2.45) is 0 Å². The van der Waals surface area contributed by atoms with Crippen molar-refractivity contribution in [3.63, 3.8) is 0 Å². The smallest absolute Gasteiger partial charge is 0.389 e. The first-order valence-electron chi connectivity index (χ1n) is 10.6. The van der Waals surface area contributed by atoms with Gasteiger partial charge in [-0.1, -0.05) is 48.5 Å². The summed E-state index contributed by atoms with van der Waals surface area (Å²) in [5, 5.41) is 11.0. The van der Waals surface area contributed by atoms with Gasteiger partial charge in [-0.15, -0.1) is 0 Å². The molecule has 0 bridgehead atoms. The second-order valence-corrected chi connectivity index (χ2v) is 7.98. The van der Waals surface area contributed by atoms with Crippen LogP contribution in [0.1, 0.15) is 11.3 Å². The molecule has 0 radical (unpaired) electrons. The van der Waals surface area contributed by atoms with E-state index < -0.39 is 18.0 Å². The van der Waals surface area contributed by atoms with Crippen LogP contribution in [-0.4, -0.2) is 60.4 Å². The Morgan fingerprint density at radius 3 is 2.38 bits per heavy atom. The Morgan fingerprint density at radius 1 is 0.969 bits per heavy atom. The van der Waals surface area contributed by atoms with Gasteiger partial charge >= 0.3 is 6.18 Å². The topological polar surface area (TPSA) is 48.8 Å². The average molecular weight is 445 g/mol. The van der Waals surface area contributed by atoms with Gasteiger partial charge in [0, 0.05) is 43.8 Å². The van der Waals surface area contributed by atoms with E-state index in [0.29, 0.717) is 55.9 Å². The van der Waals surface area contributed by atoms with Crippen molar-refractivity contribution in [2.75, 3.05) is 44.2 Å². The highest BCUT2D eigenvalue weighted by Crippen LogP contribution is 2.35. The maximum atomic E-state index is 13.3. The number of hydrogen-bond acceptors (Lipinski definition) is 5. The predicted octanol–water partition coefficient (Wildman–Crippen LogP) is 3.95. The second-order valence-electron chi connectivity index (χ2n) is 7.98. The normalized spacial score (nSPS) is 16.4. The highest BCUT2D eigenvalue weighted by molar-refractivity contribution is 5.92. The van der Waals surface area contributed by atoms with Crippen molar-refractivity contribution in [3.8, 4) is 0 Å². The van der Waals surface area contributed by atoms with Gasteiger partial charge in [0.1, 0.15) is 5.69 Å². The summed E-state index contributed by atoms with van der Waals surface area (Å²) in [6.45, 7) is 3.59. The number of hydrogen-bond donors (Lipinski definition) is 1. The lowest BCUT2D eigenvalue weighted by atomic mass is 10.1. The second kappa shape index (κ2) is 9.85. The Balaban J connectivity index is 1.34. The third-order valence-electron chi connectivity index (χ3n) is 5.59. The van der Waals surface area contributed by atoms with Crippen LogP contribution in [0.3, 0.4) is 0 Å². The van der Waals surface area contributed by atoms with Crippen molar-refractivity contribution in [3.05, 3.63) is 71.9 Å². The minimum absolute atomic E-state index is 0.235. The molecule has 1 N–H and O–H groups in total. The predicted molar refractivity (Wildman–Crippen MR) is 118 cm³/mol. The zero-order valence-corrected chi connectivity index (χ0v) is 17.6. The first-order valence-corrected chi connectivity index (χ1v) is 10.6. The van der Waals surface area contributed by atoms with Gasteiger partial charge < -0.3 is 14.7 Å². The fourth-order valence-electron chi connectivity index (χ4n) is 3.97. The molecule has 1 aliphatic rings. The number of anilines is 1. The number of rotatable bonds is 7. The van der Waals surface area contributed by atoms with E-state index in [-0.39, 0.29) is 6.61 Å². The molecule has 170 valence electrons. The highest BCUT2D eigenvalue weighted by Gasteiger charge is 2.34. The van der Waals surface area contributed by atoms with Crippen molar-refractivity contribution in [2.45, 2.75) is 18.9 Å². The maximum Gasteiger partial charge on any atom is 0.433 e. The lowest BCUT2D eigenvalue weighted by Crippen LogP contribution is -2.49. The van der Waals surface area contributed by atoms with E-state index in [1.165, 1.54) is 0 Å². The standard InChI is InChI=1S/C24H26F3N3O2/c25-24(26,27)23-14-22(20-8-4-5-9-21(20)28-23)30-12-10-29(11-13-30)15-19(31)17-32-16-18-6-2-1-3-7-18/h1-9,14,19,31H,10-13,15-17H2. The fraction of sp³-hybridized carbons (Fsp3) is 0.375. The van der Waals surface area contributed by atoms with E-state index in [2.05, 4.69) is 9.88 Å². The fourth-order valence-corrected chi connectivity index (χ4v) is 3.97. The SMILES string of the molecule is OC(COCc1ccccc1)CN1CCN(c2cc(C(F)(F)F)nc3ccccc23)CC1. The average Bonchev–Trinajstić information content (AvgIpc) is 2.79. The van der Waals surface area contributed by atoms with Crippen molar-refractivity contribution >= 4 is 16.6 Å². The molecule has 1 saturated heterocycles. The largest absolute Gasteiger partial charge is 0.433 e. The molecule has 32 heavy (non-hydrogen) atoms. The summed E-state index contributed by atoms with van der Waals surface area (Å²) in [6.07, 6.45) is -5.12. The van der Waals surface area contributed by atoms with E-state index in [1.807, 2.05) is 41.3 Å². The molecule has 0 aliphatic carbocycles. The molecule has 1 fully saturated rings. The number of pyridine rings is 1. The molecule has 0 saturated carbocycles. The van der Waals surface area contributed by atoms with Gasteiger partial charge in [-0.05, 0) is 17.7 Å². The quantitative estimate of drug-likeness (QED) is 0.597. The Hall–Kier alpha value is -2.68. The maximum absolute atomic E-state index is 13.3. The van der Waals surface area contributed by atoms with Crippen LogP contribution in [0, 0.1) is 0 Å². The molecule has 0 amide bonds. The highest BCUT2D eigenvalue weighted by atomic mass is 19.4. The zero-order chi connectivity index (χ0) is 22.6. The Morgan fingerprint density at radius 2 is 1.66 bits per heavy atom. The number of benzene rings is 2. The summed E-state index contributed by atoms with van der Waals surface area (Å²) in [4.78, 5) is 7.88. The number of aliphatic hydroxyl groups excluding tert-OH is 1. The molecule has 1 aromatic heterocycles. The number of aromatic nitrogens is 1. The third-order valence-corrected chi connectivity index (χ3v) is 5.59. The van der Waals surface area contributed by atoms with Crippen molar-refractivity contribution in [1.82, 2.24) is 9.88 Å². The molecule has 1 unspecified atom stereocenters. The number of piperazine rings is 1. The van der Waals surface area contributed by atoms with Gasteiger partial charge in [-0.3, -0.25) is 4.90 Å². The Kier molecular flexibility index (Phi) is 6.93. The third kappa shape index (κ3) is 5.56. The molecule has 2 aromatic carbocycles. The molecular weight excluding hydrogens is 419 g/mol. The van der Waals surface area contributed by atoms with Crippen molar-refractivity contribution < 1.29 is 23.0 Å². The minimum Gasteiger partial charge on any atom is -0.389 e. The van der Waals surface area contributed by atoms with Crippen LogP contribution in [0.5, 0.6) is 0 Å². The minimum atomic E-state index is -4.50. The number of fused-ring (bicyclic) bond motifs is 1. The van der Waals surface area contributed by atoms with E-state index >= 15 is 0 Å². The lowest BCUT2D eigenvalue weighted by molar-refractivity contribution is -0.140. The van der Waals surface area contributed by atoms with Gasteiger partial charge in [0.05, 0.1) is 24.8 Å². The first kappa shape index (κ1) is 22.5. The Bertz CT molecular complexity index is 1020. The van der Waals surface area contributed by atoms with Crippen LogP contribution in [0.25, 0.3) is 10.9 Å². The summed E-state index contributed by atoms with van der Waals surface area (Å²) in [7, 11) is 0. The van der Waals surface area contributed by atoms with E-state index in [1.54, 1.807) is 18.2 Å². The van der Waals surface area contributed by atoms with Crippen molar-refractivity contribution in [1.29, 1.82) is 0 Å². The van der Waals surface area contributed by atoms with Gasteiger partial charge in [0.15, 0.2) is 0 Å². The van der Waals surface area contributed by atoms with E-state index in [0.717, 1.165) is 11.6 Å². The summed E-state index contributed by atoms with van der Waals surface area (Å²) in [5.41, 5.74) is 1.07. The van der Waals surface area contributed by atoms with E-state index in [4.69, 9.17) is 4.74 Å². The van der Waals surface area contributed by atoms with Crippen LogP contribution in [-0.2, 0) is 17.5 Å². The number of β-amino-alcohol motifs (C(OH)–C–C–N with tert-alkyl or cyclic N) is 1. The summed E-state index contributed by atoms with van der Waals surface area (Å²) in [6, 6.07) is 17.8.